The Labute approximate surface area is 167 Å². The summed E-state index contributed by atoms with van der Waals surface area (Å²) < 4.78 is 19.8. The molecule has 146 valence electrons. The van der Waals surface area contributed by atoms with Gasteiger partial charge in [0.05, 0.1) is 7.11 Å². The first-order chi connectivity index (χ1) is 13.4. The molecule has 0 heterocycles. The lowest BCUT2D eigenvalue weighted by Gasteiger charge is -2.22. The minimum atomic E-state index is -3.00. The maximum absolute atomic E-state index is 14.5. The molecule has 0 aliphatic carbocycles. The lowest BCUT2D eigenvalue weighted by Crippen LogP contribution is -2.25. The highest BCUT2D eigenvalue weighted by atomic mass is 31.2. The van der Waals surface area contributed by atoms with E-state index in [1.807, 2.05) is 111 Å². The largest absolute Gasteiger partial charge is 0.497 e. The van der Waals surface area contributed by atoms with E-state index in [1.165, 1.54) is 0 Å². The molecule has 3 aromatic rings. The molecule has 0 aliphatic rings. The molecule has 0 saturated carbocycles. The van der Waals surface area contributed by atoms with E-state index >= 15 is 0 Å². The molecule has 0 amide bonds. The van der Waals surface area contributed by atoms with Crippen molar-refractivity contribution in [2.24, 2.45) is 0 Å². The van der Waals surface area contributed by atoms with Gasteiger partial charge in [-0.1, -0.05) is 0 Å². The van der Waals surface area contributed by atoms with Crippen molar-refractivity contribution >= 4 is 34.4 Å². The quantitative estimate of drug-likeness (QED) is 0.600. The van der Waals surface area contributed by atoms with Gasteiger partial charge in [0.2, 0.25) is 0 Å². The molecule has 0 radical (unpaired) electrons. The number of hydrogen-bond acceptors (Lipinski definition) is 4. The van der Waals surface area contributed by atoms with Crippen molar-refractivity contribution in [2.45, 2.75) is 0 Å². The first-order valence-corrected chi connectivity index (χ1v) is 10.9. The summed E-state index contributed by atoms with van der Waals surface area (Å²) in [5.74, 6) is 0.751. The van der Waals surface area contributed by atoms with E-state index in [0.717, 1.165) is 33.0 Å². The number of rotatable bonds is 6. The van der Waals surface area contributed by atoms with E-state index < -0.39 is 7.14 Å². The first kappa shape index (κ1) is 20.0. The average molecular weight is 394 g/mol. The topological polar surface area (TPSA) is 32.8 Å². The second kappa shape index (κ2) is 8.12. The van der Waals surface area contributed by atoms with Gasteiger partial charge in [0.15, 0.2) is 7.14 Å². The standard InChI is InChI=1S/C23H27N2O2P/c1-24(2)18-6-12-21(13-7-18)28(26,23-16-10-20(27-5)11-17-23)22-14-8-19(9-15-22)25(3)4/h6-17H,1-5H3. The molecule has 0 aliphatic heterocycles. The molecule has 0 N–H and O–H groups in total. The molecule has 3 aromatic carbocycles. The van der Waals surface area contributed by atoms with Crippen LogP contribution in [0.4, 0.5) is 11.4 Å². The summed E-state index contributed by atoms with van der Waals surface area (Å²) in [6.07, 6.45) is 0. The molecule has 0 atom stereocenters. The maximum Gasteiger partial charge on any atom is 0.171 e. The zero-order valence-electron chi connectivity index (χ0n) is 17.1. The number of hydrogen-bond donors (Lipinski definition) is 0. The third-order valence-corrected chi connectivity index (χ3v) is 7.97. The van der Waals surface area contributed by atoms with E-state index in [1.54, 1.807) is 7.11 Å². The summed E-state index contributed by atoms with van der Waals surface area (Å²) in [5, 5.41) is 2.44. The lowest BCUT2D eigenvalue weighted by atomic mass is 10.3. The van der Waals surface area contributed by atoms with Gasteiger partial charge in [-0.15, -0.1) is 0 Å². The van der Waals surface area contributed by atoms with Crippen molar-refractivity contribution in [3.63, 3.8) is 0 Å². The maximum atomic E-state index is 14.5. The van der Waals surface area contributed by atoms with E-state index in [-0.39, 0.29) is 0 Å². The number of anilines is 2. The molecule has 0 aromatic heterocycles. The second-order valence-corrected chi connectivity index (χ2v) is 9.90. The fourth-order valence-corrected chi connectivity index (χ4v) is 5.76. The summed E-state index contributed by atoms with van der Waals surface area (Å²) in [4.78, 5) is 4.07. The molecule has 0 unspecified atom stereocenters. The van der Waals surface area contributed by atoms with Gasteiger partial charge < -0.3 is 19.1 Å². The molecule has 0 fully saturated rings. The number of nitrogens with zero attached hydrogens (tertiary/aromatic N) is 2. The van der Waals surface area contributed by atoms with Crippen LogP contribution in [0.15, 0.2) is 72.8 Å². The van der Waals surface area contributed by atoms with Crippen molar-refractivity contribution in [1.29, 1.82) is 0 Å². The van der Waals surface area contributed by atoms with Crippen molar-refractivity contribution in [1.82, 2.24) is 0 Å². The van der Waals surface area contributed by atoms with Gasteiger partial charge in [-0.3, -0.25) is 0 Å². The van der Waals surface area contributed by atoms with Gasteiger partial charge >= 0.3 is 0 Å². The van der Waals surface area contributed by atoms with Crippen LogP contribution >= 0.6 is 7.14 Å². The van der Waals surface area contributed by atoms with Crippen molar-refractivity contribution in [2.75, 3.05) is 45.1 Å². The highest BCUT2D eigenvalue weighted by Crippen LogP contribution is 2.43. The Kier molecular flexibility index (Phi) is 5.81. The van der Waals surface area contributed by atoms with Gasteiger partial charge in [-0.25, -0.2) is 0 Å². The van der Waals surface area contributed by atoms with Crippen LogP contribution in [0, 0.1) is 0 Å². The molecule has 28 heavy (non-hydrogen) atoms. The number of methoxy groups -OCH3 is 1. The van der Waals surface area contributed by atoms with Gasteiger partial charge in [0, 0.05) is 55.5 Å². The summed E-state index contributed by atoms with van der Waals surface area (Å²) >= 11 is 0. The summed E-state index contributed by atoms with van der Waals surface area (Å²) in [5.41, 5.74) is 2.15. The highest BCUT2D eigenvalue weighted by Gasteiger charge is 2.30. The Balaban J connectivity index is 2.16. The minimum absolute atomic E-state index is 0.751. The molecule has 4 nitrogen and oxygen atoms in total. The Hall–Kier alpha value is -2.71. The molecule has 0 spiro atoms. The van der Waals surface area contributed by atoms with E-state index in [2.05, 4.69) is 0 Å². The van der Waals surface area contributed by atoms with Crippen LogP contribution < -0.4 is 30.5 Å². The van der Waals surface area contributed by atoms with Crippen molar-refractivity contribution < 1.29 is 9.30 Å². The smallest absolute Gasteiger partial charge is 0.171 e. The van der Waals surface area contributed by atoms with E-state index in [0.29, 0.717) is 0 Å². The zero-order chi connectivity index (χ0) is 20.3. The predicted molar refractivity (Wildman–Crippen MR) is 121 cm³/mol. The first-order valence-electron chi connectivity index (χ1n) is 9.17. The summed E-state index contributed by atoms with van der Waals surface area (Å²) in [6.45, 7) is 0. The number of ether oxygens (including phenoxy) is 1. The van der Waals surface area contributed by atoms with Gasteiger partial charge in [0.1, 0.15) is 5.75 Å². The normalized spacial score (nSPS) is 11.2. The van der Waals surface area contributed by atoms with Crippen molar-refractivity contribution in [3.8, 4) is 5.75 Å². The van der Waals surface area contributed by atoms with Crippen LogP contribution in [0.5, 0.6) is 5.75 Å². The van der Waals surface area contributed by atoms with Crippen LogP contribution in [-0.2, 0) is 4.57 Å². The van der Waals surface area contributed by atoms with Crippen LogP contribution in [0.3, 0.4) is 0 Å². The molecule has 5 heteroatoms. The fraction of sp³-hybridized carbons (Fsp3) is 0.217. The van der Waals surface area contributed by atoms with Gasteiger partial charge in [-0.05, 0) is 72.8 Å². The summed E-state index contributed by atoms with van der Waals surface area (Å²) in [6, 6.07) is 23.5. The molecule has 0 saturated heterocycles. The molecular weight excluding hydrogens is 367 g/mol. The van der Waals surface area contributed by atoms with Gasteiger partial charge in [-0.2, -0.15) is 0 Å². The molecule has 3 rings (SSSR count). The van der Waals surface area contributed by atoms with Gasteiger partial charge in [0.25, 0.3) is 0 Å². The minimum Gasteiger partial charge on any atom is -0.497 e. The number of benzene rings is 3. The predicted octanol–water partition coefficient (Wildman–Crippen LogP) is 3.47. The van der Waals surface area contributed by atoms with Crippen LogP contribution in [0.1, 0.15) is 0 Å². The Morgan fingerprint density at radius 2 is 0.929 bits per heavy atom. The van der Waals surface area contributed by atoms with Crippen molar-refractivity contribution in [3.05, 3.63) is 72.8 Å². The van der Waals surface area contributed by atoms with E-state index in [4.69, 9.17) is 4.74 Å². The Morgan fingerprint density at radius 3 is 1.21 bits per heavy atom. The lowest BCUT2D eigenvalue weighted by molar-refractivity contribution is 0.415. The van der Waals surface area contributed by atoms with Crippen LogP contribution in [0.2, 0.25) is 0 Å². The average Bonchev–Trinajstić information content (AvgIpc) is 2.73. The third-order valence-electron chi connectivity index (χ3n) is 4.90. The Bertz CT molecular complexity index is 907. The highest BCUT2D eigenvalue weighted by molar-refractivity contribution is 7.85. The van der Waals surface area contributed by atoms with Crippen LogP contribution in [-0.4, -0.2) is 35.3 Å². The third kappa shape index (κ3) is 3.79. The second-order valence-electron chi connectivity index (χ2n) is 7.13. The van der Waals surface area contributed by atoms with E-state index in [9.17, 15) is 4.57 Å². The SMILES string of the molecule is COc1ccc(P(=O)(c2ccc(N(C)C)cc2)c2ccc(N(C)C)cc2)cc1. The van der Waals surface area contributed by atoms with Crippen LogP contribution in [0.25, 0.3) is 0 Å². The molecule has 0 bridgehead atoms. The molecular formula is C23H27N2O2P. The fourth-order valence-electron chi connectivity index (χ4n) is 3.16. The summed E-state index contributed by atoms with van der Waals surface area (Å²) in [7, 11) is 6.63. The Morgan fingerprint density at radius 1 is 0.607 bits per heavy atom. The zero-order valence-corrected chi connectivity index (χ0v) is 18.0. The monoisotopic (exact) mass is 394 g/mol.